The molecule has 2 saturated heterocycles. The van der Waals surface area contributed by atoms with Crippen molar-refractivity contribution in [2.24, 2.45) is 5.92 Å². The van der Waals surface area contributed by atoms with Gasteiger partial charge in [-0.05, 0) is 37.8 Å². The van der Waals surface area contributed by atoms with Gasteiger partial charge in [0.2, 0.25) is 17.7 Å². The molecule has 2 atom stereocenters. The summed E-state index contributed by atoms with van der Waals surface area (Å²) < 4.78 is 5.23. The Morgan fingerprint density at radius 2 is 2.28 bits per heavy atom. The molecule has 4 heterocycles. The molecule has 2 aromatic heterocycles. The van der Waals surface area contributed by atoms with Crippen molar-refractivity contribution in [3.8, 4) is 11.3 Å². The normalized spacial score (nSPS) is 23.2. The zero-order valence-corrected chi connectivity index (χ0v) is 13.9. The van der Waals surface area contributed by atoms with Crippen LogP contribution in [0.25, 0.3) is 11.3 Å². The second-order valence-electron chi connectivity index (χ2n) is 6.66. The Morgan fingerprint density at radius 1 is 1.36 bits per heavy atom. The van der Waals surface area contributed by atoms with E-state index in [-0.39, 0.29) is 23.8 Å². The van der Waals surface area contributed by atoms with Gasteiger partial charge >= 0.3 is 0 Å². The van der Waals surface area contributed by atoms with E-state index in [0.29, 0.717) is 31.0 Å². The van der Waals surface area contributed by atoms with Crippen LogP contribution >= 0.6 is 0 Å². The smallest absolute Gasteiger partial charge is 0.231 e. The molecule has 0 spiro atoms. The Morgan fingerprint density at radius 3 is 3.12 bits per heavy atom. The third-order valence-electron chi connectivity index (χ3n) is 5.05. The molecule has 0 aliphatic carbocycles. The van der Waals surface area contributed by atoms with Crippen LogP contribution in [0, 0.1) is 5.92 Å². The van der Waals surface area contributed by atoms with Gasteiger partial charge < -0.3 is 9.42 Å². The van der Waals surface area contributed by atoms with Gasteiger partial charge in [0, 0.05) is 48.9 Å². The zero-order valence-electron chi connectivity index (χ0n) is 13.9. The molecule has 2 aliphatic heterocycles. The van der Waals surface area contributed by atoms with E-state index in [1.807, 2.05) is 17.0 Å². The highest BCUT2D eigenvalue weighted by molar-refractivity contribution is 5.92. The lowest BCUT2D eigenvalue weighted by Crippen LogP contribution is -2.50. The molecule has 25 heavy (non-hydrogen) atoms. The summed E-state index contributed by atoms with van der Waals surface area (Å²) in [5.41, 5.74) is 1.47. The summed E-state index contributed by atoms with van der Waals surface area (Å²) in [6, 6.07) is 5.61. The molecular weight excluding hydrogens is 320 g/mol. The Balaban J connectivity index is 1.39. The zero-order chi connectivity index (χ0) is 17.2. The molecule has 0 aromatic carbocycles. The Labute approximate surface area is 145 Å². The number of aromatic nitrogens is 2. The lowest BCUT2D eigenvalue weighted by atomic mass is 9.85. The highest BCUT2D eigenvalue weighted by Gasteiger charge is 2.36. The number of fused-ring (bicyclic) bond motifs is 1. The molecule has 2 unspecified atom stereocenters. The van der Waals surface area contributed by atoms with Crippen molar-refractivity contribution in [3.05, 3.63) is 30.6 Å². The molecule has 2 fully saturated rings. The van der Waals surface area contributed by atoms with Crippen molar-refractivity contribution in [2.75, 3.05) is 11.9 Å². The van der Waals surface area contributed by atoms with E-state index in [2.05, 4.69) is 15.5 Å². The maximum Gasteiger partial charge on any atom is 0.231 e. The van der Waals surface area contributed by atoms with Crippen molar-refractivity contribution in [1.29, 1.82) is 0 Å². The standard InChI is InChI=1S/C18H20N4O3/c23-17-5-1-4-14-9-12(6-8-22(14)17)18(24)20-16-10-15(21-25-16)13-3-2-7-19-11-13/h2-3,7,10-12,14H,1,4-6,8-9H2,(H,20,24). The highest BCUT2D eigenvalue weighted by atomic mass is 16.5. The number of amides is 2. The average molecular weight is 340 g/mol. The second-order valence-corrected chi connectivity index (χ2v) is 6.66. The van der Waals surface area contributed by atoms with Crippen molar-refractivity contribution >= 4 is 17.7 Å². The number of nitrogens with one attached hydrogen (secondary N) is 1. The minimum Gasteiger partial charge on any atom is -0.340 e. The van der Waals surface area contributed by atoms with Crippen LogP contribution in [0.5, 0.6) is 0 Å². The number of hydrogen-bond donors (Lipinski definition) is 1. The number of hydrogen-bond acceptors (Lipinski definition) is 5. The van der Waals surface area contributed by atoms with Crippen LogP contribution in [0.1, 0.15) is 32.1 Å². The van der Waals surface area contributed by atoms with Gasteiger partial charge in [0.1, 0.15) is 5.69 Å². The largest absolute Gasteiger partial charge is 0.340 e. The summed E-state index contributed by atoms with van der Waals surface area (Å²) in [7, 11) is 0. The minimum atomic E-state index is -0.0981. The molecule has 2 aliphatic rings. The summed E-state index contributed by atoms with van der Waals surface area (Å²) in [5.74, 6) is 0.406. The van der Waals surface area contributed by atoms with Gasteiger partial charge in [-0.15, -0.1) is 0 Å². The Bertz CT molecular complexity index is 774. The quantitative estimate of drug-likeness (QED) is 0.927. The van der Waals surface area contributed by atoms with Crippen LogP contribution in [0.3, 0.4) is 0 Å². The summed E-state index contributed by atoms with van der Waals surface area (Å²) in [4.78, 5) is 30.5. The van der Waals surface area contributed by atoms with Gasteiger partial charge in [-0.25, -0.2) is 0 Å². The van der Waals surface area contributed by atoms with Crippen molar-refractivity contribution in [3.63, 3.8) is 0 Å². The number of pyridine rings is 1. The molecule has 7 heteroatoms. The number of rotatable bonds is 3. The molecule has 2 amide bonds. The van der Waals surface area contributed by atoms with Gasteiger partial charge in [0.15, 0.2) is 0 Å². The fraction of sp³-hybridized carbons (Fsp3) is 0.444. The number of piperidine rings is 2. The fourth-order valence-electron chi connectivity index (χ4n) is 3.73. The first-order valence-corrected chi connectivity index (χ1v) is 8.68. The predicted octanol–water partition coefficient (Wildman–Crippen LogP) is 2.47. The number of nitrogens with zero attached hydrogens (tertiary/aromatic N) is 3. The van der Waals surface area contributed by atoms with E-state index in [0.717, 1.165) is 24.8 Å². The molecule has 0 bridgehead atoms. The van der Waals surface area contributed by atoms with E-state index in [1.54, 1.807) is 18.5 Å². The van der Waals surface area contributed by atoms with Crippen LogP contribution in [-0.4, -0.2) is 39.4 Å². The molecule has 4 rings (SSSR count). The number of anilines is 1. The molecular formula is C18H20N4O3. The van der Waals surface area contributed by atoms with Gasteiger partial charge in [-0.1, -0.05) is 5.16 Å². The molecule has 0 radical (unpaired) electrons. The van der Waals surface area contributed by atoms with Crippen molar-refractivity contribution < 1.29 is 14.1 Å². The van der Waals surface area contributed by atoms with E-state index >= 15 is 0 Å². The van der Waals surface area contributed by atoms with E-state index in [1.165, 1.54) is 0 Å². The Kier molecular flexibility index (Phi) is 4.21. The van der Waals surface area contributed by atoms with E-state index in [9.17, 15) is 9.59 Å². The third kappa shape index (κ3) is 3.26. The fourth-order valence-corrected chi connectivity index (χ4v) is 3.73. The number of carbonyl (C=O) groups excluding carboxylic acids is 2. The van der Waals surface area contributed by atoms with Crippen molar-refractivity contribution in [1.82, 2.24) is 15.0 Å². The second kappa shape index (κ2) is 6.66. The molecule has 130 valence electrons. The SMILES string of the molecule is O=C(Nc1cc(-c2cccnc2)no1)C1CCN2C(=O)CCCC2C1. The molecule has 7 nitrogen and oxygen atoms in total. The van der Waals surface area contributed by atoms with Gasteiger partial charge in [0.25, 0.3) is 0 Å². The summed E-state index contributed by atoms with van der Waals surface area (Å²) >= 11 is 0. The first-order chi connectivity index (χ1) is 12.2. The summed E-state index contributed by atoms with van der Waals surface area (Å²) in [6.07, 6.45) is 7.35. The van der Waals surface area contributed by atoms with Crippen LogP contribution in [0.4, 0.5) is 5.88 Å². The highest BCUT2D eigenvalue weighted by Crippen LogP contribution is 2.31. The maximum atomic E-state index is 12.6. The lowest BCUT2D eigenvalue weighted by molar-refractivity contribution is -0.140. The van der Waals surface area contributed by atoms with Gasteiger partial charge in [-0.3, -0.25) is 19.9 Å². The van der Waals surface area contributed by atoms with Crippen LogP contribution in [0.2, 0.25) is 0 Å². The topological polar surface area (TPSA) is 88.3 Å². The van der Waals surface area contributed by atoms with Gasteiger partial charge in [-0.2, -0.15) is 0 Å². The first-order valence-electron chi connectivity index (χ1n) is 8.68. The minimum absolute atomic E-state index is 0.0634. The molecule has 2 aromatic rings. The van der Waals surface area contributed by atoms with E-state index in [4.69, 9.17) is 4.52 Å². The van der Waals surface area contributed by atoms with Crippen molar-refractivity contribution in [2.45, 2.75) is 38.1 Å². The first kappa shape index (κ1) is 15.8. The lowest BCUT2D eigenvalue weighted by Gasteiger charge is -2.41. The van der Waals surface area contributed by atoms with Crippen LogP contribution in [-0.2, 0) is 9.59 Å². The third-order valence-corrected chi connectivity index (χ3v) is 5.05. The van der Waals surface area contributed by atoms with Crippen LogP contribution in [0.15, 0.2) is 35.1 Å². The maximum absolute atomic E-state index is 12.6. The number of carbonyl (C=O) groups is 2. The van der Waals surface area contributed by atoms with Gasteiger partial charge in [0.05, 0.1) is 0 Å². The van der Waals surface area contributed by atoms with Crippen LogP contribution < -0.4 is 5.32 Å². The van der Waals surface area contributed by atoms with E-state index < -0.39 is 0 Å². The average Bonchev–Trinajstić information content (AvgIpc) is 3.11. The monoisotopic (exact) mass is 340 g/mol. The molecule has 1 N–H and O–H groups in total. The summed E-state index contributed by atoms with van der Waals surface area (Å²) in [6.45, 7) is 0.666. The Hall–Kier alpha value is -2.70. The molecule has 0 saturated carbocycles. The summed E-state index contributed by atoms with van der Waals surface area (Å²) in [5, 5.41) is 6.79. The predicted molar refractivity (Wildman–Crippen MR) is 90.4 cm³/mol.